The van der Waals surface area contributed by atoms with Gasteiger partial charge in [0, 0.05) is 30.3 Å². The van der Waals surface area contributed by atoms with Gasteiger partial charge in [-0.3, -0.25) is 9.59 Å². The van der Waals surface area contributed by atoms with E-state index in [2.05, 4.69) is 26.1 Å². The summed E-state index contributed by atoms with van der Waals surface area (Å²) in [5.74, 6) is 1.43. The van der Waals surface area contributed by atoms with Crippen LogP contribution in [0.4, 0.5) is 0 Å². The molecule has 0 aliphatic carbocycles. The molecule has 2 heterocycles. The van der Waals surface area contributed by atoms with Gasteiger partial charge in [-0.15, -0.1) is 11.8 Å². The molecule has 2 amide bonds. The Balaban J connectivity index is 1.83. The highest BCUT2D eigenvalue weighted by Crippen LogP contribution is 2.27. The number of carbonyl (C=O) groups is 2. The third-order valence-corrected chi connectivity index (χ3v) is 5.06. The summed E-state index contributed by atoms with van der Waals surface area (Å²) in [6, 6.07) is 0.292. The number of rotatable bonds is 2. The number of hydrogen-bond donors (Lipinski definition) is 1. The monoisotopic (exact) mass is 284 g/mol. The second-order valence-corrected chi connectivity index (χ2v) is 8.30. The first-order valence-electron chi connectivity index (χ1n) is 7.06. The van der Waals surface area contributed by atoms with E-state index in [1.165, 1.54) is 0 Å². The second kappa shape index (κ2) is 5.73. The highest BCUT2D eigenvalue weighted by atomic mass is 32.2. The molecule has 0 bridgehead atoms. The van der Waals surface area contributed by atoms with Gasteiger partial charge in [0.1, 0.15) is 0 Å². The Morgan fingerprint density at radius 3 is 2.84 bits per heavy atom. The fraction of sp³-hybridized carbons (Fsp3) is 0.857. The van der Waals surface area contributed by atoms with Gasteiger partial charge in [0.25, 0.3) is 0 Å². The van der Waals surface area contributed by atoms with Crippen LogP contribution in [0.5, 0.6) is 0 Å². The van der Waals surface area contributed by atoms with Gasteiger partial charge in [0.2, 0.25) is 11.8 Å². The van der Waals surface area contributed by atoms with Gasteiger partial charge >= 0.3 is 0 Å². The number of piperidine rings is 2. The Kier molecular flexibility index (Phi) is 4.43. The molecule has 2 saturated heterocycles. The zero-order valence-electron chi connectivity index (χ0n) is 12.1. The van der Waals surface area contributed by atoms with Crippen molar-refractivity contribution >= 4 is 23.6 Å². The average Bonchev–Trinajstić information content (AvgIpc) is 2.34. The average molecular weight is 284 g/mol. The number of likely N-dealkylation sites (tertiary alicyclic amines) is 1. The SMILES string of the molecule is CC(C)(C)SCC(=O)N1CCC2NC(=O)CCC2C1. The van der Waals surface area contributed by atoms with E-state index in [1.54, 1.807) is 11.8 Å². The Bertz CT molecular complexity index is 365. The smallest absolute Gasteiger partial charge is 0.232 e. The van der Waals surface area contributed by atoms with Crippen LogP contribution in [-0.4, -0.2) is 46.3 Å². The van der Waals surface area contributed by atoms with E-state index in [4.69, 9.17) is 0 Å². The van der Waals surface area contributed by atoms with E-state index < -0.39 is 0 Å². The first kappa shape index (κ1) is 14.7. The number of nitrogens with one attached hydrogen (secondary N) is 1. The Morgan fingerprint density at radius 1 is 1.42 bits per heavy atom. The van der Waals surface area contributed by atoms with Crippen molar-refractivity contribution in [2.75, 3.05) is 18.8 Å². The quantitative estimate of drug-likeness (QED) is 0.839. The van der Waals surface area contributed by atoms with Gasteiger partial charge < -0.3 is 10.2 Å². The predicted molar refractivity (Wildman–Crippen MR) is 78.1 cm³/mol. The minimum atomic E-state index is 0.132. The van der Waals surface area contributed by atoms with Crippen molar-refractivity contribution in [1.29, 1.82) is 0 Å². The van der Waals surface area contributed by atoms with E-state index in [1.807, 2.05) is 4.90 Å². The Hall–Kier alpha value is -0.710. The lowest BCUT2D eigenvalue weighted by Gasteiger charge is -2.41. The van der Waals surface area contributed by atoms with Crippen molar-refractivity contribution in [3.05, 3.63) is 0 Å². The van der Waals surface area contributed by atoms with Crippen molar-refractivity contribution in [3.8, 4) is 0 Å². The van der Waals surface area contributed by atoms with E-state index in [0.29, 0.717) is 24.1 Å². The highest BCUT2D eigenvalue weighted by Gasteiger charge is 2.35. The van der Waals surface area contributed by atoms with Gasteiger partial charge in [0.05, 0.1) is 5.75 Å². The number of carbonyl (C=O) groups excluding carboxylic acids is 2. The summed E-state index contributed by atoms with van der Waals surface area (Å²) in [5.41, 5.74) is 0. The highest BCUT2D eigenvalue weighted by molar-refractivity contribution is 8.01. The number of fused-ring (bicyclic) bond motifs is 1. The topological polar surface area (TPSA) is 49.4 Å². The van der Waals surface area contributed by atoms with Crippen LogP contribution in [0.1, 0.15) is 40.0 Å². The van der Waals surface area contributed by atoms with Crippen molar-refractivity contribution in [2.24, 2.45) is 5.92 Å². The summed E-state index contributed by atoms with van der Waals surface area (Å²) in [7, 11) is 0. The van der Waals surface area contributed by atoms with Crippen LogP contribution < -0.4 is 5.32 Å². The number of thioether (sulfide) groups is 1. The van der Waals surface area contributed by atoms with E-state index in [0.717, 1.165) is 25.9 Å². The van der Waals surface area contributed by atoms with Crippen molar-refractivity contribution in [1.82, 2.24) is 10.2 Å². The molecule has 19 heavy (non-hydrogen) atoms. The predicted octanol–water partition coefficient (Wildman–Crippen LogP) is 1.65. The molecule has 2 aliphatic heterocycles. The maximum atomic E-state index is 12.2. The minimum Gasteiger partial charge on any atom is -0.353 e. The lowest BCUT2D eigenvalue weighted by molar-refractivity contribution is -0.132. The molecule has 2 unspecified atom stereocenters. The third kappa shape index (κ3) is 4.13. The van der Waals surface area contributed by atoms with Crippen molar-refractivity contribution < 1.29 is 9.59 Å². The summed E-state index contributed by atoms with van der Waals surface area (Å²) >= 11 is 1.70. The van der Waals surface area contributed by atoms with Crippen LogP contribution in [-0.2, 0) is 9.59 Å². The summed E-state index contributed by atoms with van der Waals surface area (Å²) in [6.07, 6.45) is 2.44. The first-order valence-corrected chi connectivity index (χ1v) is 8.05. The summed E-state index contributed by atoms with van der Waals surface area (Å²) in [6.45, 7) is 8.00. The van der Waals surface area contributed by atoms with Crippen LogP contribution in [0.15, 0.2) is 0 Å². The van der Waals surface area contributed by atoms with Gasteiger partial charge in [-0.2, -0.15) is 0 Å². The number of nitrogens with zero attached hydrogens (tertiary/aromatic N) is 1. The van der Waals surface area contributed by atoms with Crippen LogP contribution in [0.2, 0.25) is 0 Å². The first-order chi connectivity index (χ1) is 8.85. The maximum absolute atomic E-state index is 12.2. The lowest BCUT2D eigenvalue weighted by atomic mass is 9.85. The molecule has 0 aromatic carbocycles. The fourth-order valence-electron chi connectivity index (χ4n) is 2.71. The Labute approximate surface area is 119 Å². The molecular weight excluding hydrogens is 260 g/mol. The molecule has 0 spiro atoms. The largest absolute Gasteiger partial charge is 0.353 e. The fourth-order valence-corrected chi connectivity index (χ4v) is 3.45. The van der Waals surface area contributed by atoms with Gasteiger partial charge in [-0.25, -0.2) is 0 Å². The standard InChI is InChI=1S/C14H24N2O2S/c1-14(2,3)19-9-13(18)16-7-6-11-10(8-16)4-5-12(17)15-11/h10-11H,4-9H2,1-3H3,(H,15,17). The van der Waals surface area contributed by atoms with Crippen molar-refractivity contribution in [2.45, 2.75) is 50.8 Å². The zero-order valence-corrected chi connectivity index (χ0v) is 12.9. The third-order valence-electron chi connectivity index (χ3n) is 3.80. The number of amides is 2. The molecule has 5 heteroatoms. The molecule has 1 N–H and O–H groups in total. The van der Waals surface area contributed by atoms with E-state index >= 15 is 0 Å². The van der Waals surface area contributed by atoms with Crippen molar-refractivity contribution in [3.63, 3.8) is 0 Å². The van der Waals surface area contributed by atoms with Crippen LogP contribution in [0, 0.1) is 5.92 Å². The summed E-state index contributed by atoms with van der Waals surface area (Å²) < 4.78 is 0.132. The summed E-state index contributed by atoms with van der Waals surface area (Å²) in [5, 5.41) is 3.05. The molecule has 0 aromatic heterocycles. The molecule has 2 rings (SSSR count). The van der Waals surface area contributed by atoms with Gasteiger partial charge in [-0.1, -0.05) is 20.8 Å². The second-order valence-electron chi connectivity index (χ2n) is 6.50. The molecule has 0 aromatic rings. The normalized spacial score (nSPS) is 27.7. The van der Waals surface area contributed by atoms with Gasteiger partial charge in [-0.05, 0) is 18.8 Å². The van der Waals surface area contributed by atoms with Crippen LogP contribution >= 0.6 is 11.8 Å². The minimum absolute atomic E-state index is 0.132. The molecule has 0 saturated carbocycles. The van der Waals surface area contributed by atoms with Crippen LogP contribution in [0.25, 0.3) is 0 Å². The van der Waals surface area contributed by atoms with Gasteiger partial charge in [0.15, 0.2) is 0 Å². The molecule has 2 atom stereocenters. The lowest BCUT2D eigenvalue weighted by Crippen LogP contribution is -2.55. The molecule has 108 valence electrons. The maximum Gasteiger partial charge on any atom is 0.232 e. The molecule has 2 aliphatic rings. The molecular formula is C14H24N2O2S. The molecule has 0 radical (unpaired) electrons. The summed E-state index contributed by atoms with van der Waals surface area (Å²) in [4.78, 5) is 25.5. The van der Waals surface area contributed by atoms with E-state index in [-0.39, 0.29) is 16.6 Å². The van der Waals surface area contributed by atoms with E-state index in [9.17, 15) is 9.59 Å². The molecule has 4 nitrogen and oxygen atoms in total. The molecule has 2 fully saturated rings. The Morgan fingerprint density at radius 2 is 2.16 bits per heavy atom. The zero-order chi connectivity index (χ0) is 14.0. The van der Waals surface area contributed by atoms with Crippen LogP contribution in [0.3, 0.4) is 0 Å². The number of hydrogen-bond acceptors (Lipinski definition) is 3.